The number of ether oxygens (including phenoxy) is 1. The topological polar surface area (TPSA) is 87.7 Å². The number of methoxy groups -OCH3 is 1. The number of nitrogens with zero attached hydrogens (tertiary/aromatic N) is 4. The van der Waals surface area contributed by atoms with E-state index in [2.05, 4.69) is 15.3 Å². The highest BCUT2D eigenvalue weighted by atomic mass is 16.5. The Morgan fingerprint density at radius 3 is 2.46 bits per heavy atom. The summed E-state index contributed by atoms with van der Waals surface area (Å²) in [5, 5.41) is 3.07. The van der Waals surface area contributed by atoms with Crippen LogP contribution in [0, 0.1) is 0 Å². The van der Waals surface area contributed by atoms with Gasteiger partial charge in [-0.05, 0) is 18.2 Å². The van der Waals surface area contributed by atoms with Crippen LogP contribution in [0.1, 0.15) is 17.4 Å². The van der Waals surface area contributed by atoms with Crippen LogP contribution in [0.15, 0.2) is 36.5 Å². The molecule has 3 rings (SSSR count). The molecule has 2 amide bonds. The van der Waals surface area contributed by atoms with Gasteiger partial charge in [-0.3, -0.25) is 9.59 Å². The van der Waals surface area contributed by atoms with Crippen LogP contribution in [0.25, 0.3) is 0 Å². The molecule has 0 aliphatic carbocycles. The summed E-state index contributed by atoms with van der Waals surface area (Å²) in [7, 11) is 1.59. The van der Waals surface area contributed by atoms with Crippen molar-refractivity contribution in [1.82, 2.24) is 19.8 Å². The maximum Gasteiger partial charge on any atom is 0.272 e. The number of anilines is 2. The van der Waals surface area contributed by atoms with Crippen LogP contribution < -0.4 is 10.1 Å². The Labute approximate surface area is 151 Å². The fourth-order valence-electron chi connectivity index (χ4n) is 2.79. The third-order valence-corrected chi connectivity index (χ3v) is 4.24. The predicted molar refractivity (Wildman–Crippen MR) is 96.5 cm³/mol. The van der Waals surface area contributed by atoms with Crippen LogP contribution in [-0.2, 0) is 4.79 Å². The summed E-state index contributed by atoms with van der Waals surface area (Å²) in [5.74, 6) is 0.844. The third-order valence-electron chi connectivity index (χ3n) is 4.24. The lowest BCUT2D eigenvalue weighted by Crippen LogP contribution is -2.50. The number of para-hydroxylation sites is 2. The number of amides is 2. The maximum atomic E-state index is 12.7. The predicted octanol–water partition coefficient (Wildman–Crippen LogP) is 1.53. The van der Waals surface area contributed by atoms with Gasteiger partial charge in [-0.2, -0.15) is 0 Å². The van der Waals surface area contributed by atoms with E-state index in [4.69, 9.17) is 4.74 Å². The monoisotopic (exact) mass is 355 g/mol. The zero-order valence-corrected chi connectivity index (χ0v) is 14.8. The number of hydrogen-bond acceptors (Lipinski definition) is 6. The van der Waals surface area contributed by atoms with Crippen molar-refractivity contribution in [2.24, 2.45) is 0 Å². The van der Waals surface area contributed by atoms with E-state index in [1.165, 1.54) is 6.92 Å². The van der Waals surface area contributed by atoms with Crippen LogP contribution >= 0.6 is 0 Å². The average molecular weight is 355 g/mol. The summed E-state index contributed by atoms with van der Waals surface area (Å²) < 4.78 is 5.29. The SMILES string of the molecule is COc1ccccc1Nc1nccc(C(=O)N2CCN(C(C)=O)CC2)n1. The molecule has 136 valence electrons. The van der Waals surface area contributed by atoms with Gasteiger partial charge in [-0.1, -0.05) is 12.1 Å². The Morgan fingerprint density at radius 1 is 1.08 bits per heavy atom. The van der Waals surface area contributed by atoms with Gasteiger partial charge in [0.05, 0.1) is 12.8 Å². The Morgan fingerprint density at radius 2 is 1.77 bits per heavy atom. The van der Waals surface area contributed by atoms with Crippen molar-refractivity contribution >= 4 is 23.5 Å². The van der Waals surface area contributed by atoms with Gasteiger partial charge in [0.25, 0.3) is 5.91 Å². The van der Waals surface area contributed by atoms with Gasteiger partial charge in [0.15, 0.2) is 0 Å². The molecular weight excluding hydrogens is 334 g/mol. The summed E-state index contributed by atoms with van der Waals surface area (Å²) in [6.07, 6.45) is 1.55. The first-order chi connectivity index (χ1) is 12.6. The molecule has 1 aliphatic heterocycles. The standard InChI is InChI=1S/C18H21N5O3/c1-13(24)22-9-11-23(12-10-22)17(25)15-7-8-19-18(21-15)20-14-5-3-4-6-16(14)26-2/h3-8H,9-12H2,1-2H3,(H,19,20,21). The summed E-state index contributed by atoms with van der Waals surface area (Å²) in [4.78, 5) is 36.0. The minimum atomic E-state index is -0.168. The minimum absolute atomic E-state index is 0.0300. The number of piperazine rings is 1. The Balaban J connectivity index is 1.71. The lowest BCUT2D eigenvalue weighted by atomic mass is 10.2. The normalized spacial score (nSPS) is 14.1. The maximum absolute atomic E-state index is 12.7. The number of aromatic nitrogens is 2. The molecule has 26 heavy (non-hydrogen) atoms. The number of rotatable bonds is 4. The number of carbonyl (C=O) groups is 2. The second-order valence-electron chi connectivity index (χ2n) is 5.89. The Kier molecular flexibility index (Phi) is 5.31. The summed E-state index contributed by atoms with van der Waals surface area (Å²) in [6.45, 7) is 3.62. The number of nitrogens with one attached hydrogen (secondary N) is 1. The van der Waals surface area contributed by atoms with Gasteiger partial charge >= 0.3 is 0 Å². The quantitative estimate of drug-likeness (QED) is 0.895. The van der Waals surface area contributed by atoms with Crippen molar-refractivity contribution in [1.29, 1.82) is 0 Å². The van der Waals surface area contributed by atoms with Gasteiger partial charge < -0.3 is 19.9 Å². The minimum Gasteiger partial charge on any atom is -0.495 e. The first-order valence-electron chi connectivity index (χ1n) is 8.36. The number of benzene rings is 1. The number of carbonyl (C=O) groups excluding carboxylic acids is 2. The van der Waals surface area contributed by atoms with E-state index in [1.807, 2.05) is 24.3 Å². The van der Waals surface area contributed by atoms with E-state index in [9.17, 15) is 9.59 Å². The summed E-state index contributed by atoms with van der Waals surface area (Å²) in [6, 6.07) is 9.00. The fourth-order valence-corrected chi connectivity index (χ4v) is 2.79. The Hall–Kier alpha value is -3.16. The largest absolute Gasteiger partial charge is 0.495 e. The van der Waals surface area contributed by atoms with Crippen LogP contribution in [0.3, 0.4) is 0 Å². The molecule has 0 bridgehead atoms. The number of hydrogen-bond donors (Lipinski definition) is 1. The fraction of sp³-hybridized carbons (Fsp3) is 0.333. The molecule has 2 heterocycles. The molecule has 8 heteroatoms. The van der Waals surface area contributed by atoms with Crippen LogP contribution in [0.2, 0.25) is 0 Å². The van der Waals surface area contributed by atoms with Crippen LogP contribution in [0.5, 0.6) is 5.75 Å². The molecule has 0 spiro atoms. The van der Waals surface area contributed by atoms with E-state index in [-0.39, 0.29) is 11.8 Å². The highest BCUT2D eigenvalue weighted by Crippen LogP contribution is 2.25. The average Bonchev–Trinajstić information content (AvgIpc) is 2.68. The van der Waals surface area contributed by atoms with Gasteiger partial charge in [0.1, 0.15) is 11.4 Å². The molecule has 1 aromatic carbocycles. The lowest BCUT2D eigenvalue weighted by molar-refractivity contribution is -0.130. The molecule has 0 unspecified atom stereocenters. The van der Waals surface area contributed by atoms with Crippen LogP contribution in [0.4, 0.5) is 11.6 Å². The molecule has 1 N–H and O–H groups in total. The van der Waals surface area contributed by atoms with Crippen molar-refractivity contribution < 1.29 is 14.3 Å². The van der Waals surface area contributed by atoms with E-state index in [1.54, 1.807) is 29.2 Å². The molecular formula is C18H21N5O3. The van der Waals surface area contributed by atoms with Crippen molar-refractivity contribution in [3.8, 4) is 5.75 Å². The van der Waals surface area contributed by atoms with Crippen molar-refractivity contribution in [2.75, 3.05) is 38.6 Å². The first kappa shape index (κ1) is 17.7. The zero-order chi connectivity index (χ0) is 18.5. The second kappa shape index (κ2) is 7.81. The molecule has 1 saturated heterocycles. The van der Waals surface area contributed by atoms with Gasteiger partial charge in [0.2, 0.25) is 11.9 Å². The van der Waals surface area contributed by atoms with Gasteiger partial charge in [-0.15, -0.1) is 0 Å². The molecule has 1 aliphatic rings. The van der Waals surface area contributed by atoms with Crippen LogP contribution in [-0.4, -0.2) is 64.9 Å². The van der Waals surface area contributed by atoms with Gasteiger partial charge in [-0.25, -0.2) is 9.97 Å². The van der Waals surface area contributed by atoms with E-state index < -0.39 is 0 Å². The van der Waals surface area contributed by atoms with E-state index in [0.29, 0.717) is 43.6 Å². The van der Waals surface area contributed by atoms with Crippen molar-refractivity contribution in [3.05, 3.63) is 42.2 Å². The van der Waals surface area contributed by atoms with Crippen molar-refractivity contribution in [3.63, 3.8) is 0 Å². The highest BCUT2D eigenvalue weighted by Gasteiger charge is 2.24. The summed E-state index contributed by atoms with van der Waals surface area (Å²) >= 11 is 0. The van der Waals surface area contributed by atoms with E-state index in [0.717, 1.165) is 5.69 Å². The molecule has 1 fully saturated rings. The second-order valence-corrected chi connectivity index (χ2v) is 5.89. The van der Waals surface area contributed by atoms with E-state index >= 15 is 0 Å². The smallest absolute Gasteiger partial charge is 0.272 e. The third kappa shape index (κ3) is 3.90. The molecule has 0 radical (unpaired) electrons. The van der Waals surface area contributed by atoms with Crippen molar-refractivity contribution in [2.45, 2.75) is 6.92 Å². The molecule has 8 nitrogen and oxygen atoms in total. The lowest BCUT2D eigenvalue weighted by Gasteiger charge is -2.34. The highest BCUT2D eigenvalue weighted by molar-refractivity contribution is 5.92. The van der Waals surface area contributed by atoms with Gasteiger partial charge in [0, 0.05) is 39.3 Å². The molecule has 0 atom stereocenters. The molecule has 2 aromatic rings. The first-order valence-corrected chi connectivity index (χ1v) is 8.36. The molecule has 1 aromatic heterocycles. The Bertz CT molecular complexity index is 803. The summed E-state index contributed by atoms with van der Waals surface area (Å²) in [5.41, 5.74) is 1.03. The molecule has 0 saturated carbocycles. The zero-order valence-electron chi connectivity index (χ0n) is 14.8.